The summed E-state index contributed by atoms with van der Waals surface area (Å²) in [7, 11) is 0. The highest BCUT2D eigenvalue weighted by Crippen LogP contribution is 2.45. The van der Waals surface area contributed by atoms with E-state index in [0.29, 0.717) is 5.41 Å². The molecule has 2 aliphatic heterocycles. The number of rotatable bonds is 2. The highest BCUT2D eigenvalue weighted by molar-refractivity contribution is 5.56. The van der Waals surface area contributed by atoms with E-state index in [0.717, 1.165) is 32.0 Å². The Bertz CT molecular complexity index is 288. The second kappa shape index (κ2) is 3.60. The average molecular weight is 226 g/mol. The monoisotopic (exact) mass is 226 g/mol. The minimum atomic E-state index is -1.19. The summed E-state index contributed by atoms with van der Waals surface area (Å²) in [4.78, 5) is 17.6. The van der Waals surface area contributed by atoms with Gasteiger partial charge in [-0.15, -0.1) is 5.06 Å². The molecule has 90 valence electrons. The van der Waals surface area contributed by atoms with Gasteiger partial charge >= 0.3 is 6.16 Å². The van der Waals surface area contributed by atoms with Crippen LogP contribution in [-0.2, 0) is 4.84 Å². The predicted molar refractivity (Wildman–Crippen MR) is 56.9 cm³/mol. The fraction of sp³-hybridized carbons (Fsp3) is 0.909. The highest BCUT2D eigenvalue weighted by Gasteiger charge is 2.49. The molecular formula is C11H18N2O3. The summed E-state index contributed by atoms with van der Waals surface area (Å²) >= 11 is 0. The van der Waals surface area contributed by atoms with Crippen LogP contribution in [0.15, 0.2) is 0 Å². The number of nitrogens with zero attached hydrogens (tertiary/aromatic N) is 2. The normalized spacial score (nSPS) is 30.0. The number of likely N-dealkylation sites (tertiary alicyclic amines) is 1. The van der Waals surface area contributed by atoms with Gasteiger partial charge in [-0.25, -0.2) is 4.79 Å². The third kappa shape index (κ3) is 1.89. The molecule has 3 fully saturated rings. The fourth-order valence-corrected chi connectivity index (χ4v) is 2.99. The summed E-state index contributed by atoms with van der Waals surface area (Å²) < 4.78 is 0. The Labute approximate surface area is 94.9 Å². The van der Waals surface area contributed by atoms with Crippen molar-refractivity contribution in [1.82, 2.24) is 9.96 Å². The molecule has 5 heteroatoms. The lowest BCUT2D eigenvalue weighted by atomic mass is 9.72. The first-order valence-corrected chi connectivity index (χ1v) is 6.07. The Kier molecular flexibility index (Phi) is 2.33. The standard InChI is InChI=1S/C11H18N2O3/c14-10(15)16-13-5-3-11(4-6-13)7-12(8-11)9-1-2-9/h9H,1-8H2,(H,14,15). The molecule has 1 N–H and O–H groups in total. The first-order chi connectivity index (χ1) is 7.67. The van der Waals surface area contributed by atoms with Gasteiger partial charge in [0.05, 0.1) is 0 Å². The molecule has 5 nitrogen and oxygen atoms in total. The second-order valence-corrected chi connectivity index (χ2v) is 5.42. The molecule has 0 radical (unpaired) electrons. The largest absolute Gasteiger partial charge is 0.525 e. The van der Waals surface area contributed by atoms with Crippen molar-refractivity contribution in [2.75, 3.05) is 26.2 Å². The molecule has 0 aromatic rings. The van der Waals surface area contributed by atoms with E-state index in [4.69, 9.17) is 5.11 Å². The number of carboxylic acid groups (broad SMARTS) is 1. The zero-order valence-electron chi connectivity index (χ0n) is 9.39. The van der Waals surface area contributed by atoms with Crippen molar-refractivity contribution in [2.24, 2.45) is 5.41 Å². The van der Waals surface area contributed by atoms with Gasteiger partial charge in [-0.3, -0.25) is 4.90 Å². The Morgan fingerprint density at radius 1 is 1.25 bits per heavy atom. The van der Waals surface area contributed by atoms with Crippen molar-refractivity contribution in [3.63, 3.8) is 0 Å². The number of carbonyl (C=O) groups is 1. The van der Waals surface area contributed by atoms with Gasteiger partial charge in [-0.1, -0.05) is 0 Å². The molecule has 2 heterocycles. The molecular weight excluding hydrogens is 208 g/mol. The quantitative estimate of drug-likeness (QED) is 0.765. The Hall–Kier alpha value is -0.810. The van der Waals surface area contributed by atoms with Crippen molar-refractivity contribution in [3.05, 3.63) is 0 Å². The lowest BCUT2D eigenvalue weighted by molar-refractivity contribution is -0.166. The maximum Gasteiger partial charge on any atom is 0.525 e. The molecule has 0 aromatic carbocycles. The SMILES string of the molecule is O=C(O)ON1CCC2(CC1)CN(C1CC1)C2. The van der Waals surface area contributed by atoms with Gasteiger partial charge in [0.15, 0.2) is 0 Å². The first kappa shape index (κ1) is 10.4. The van der Waals surface area contributed by atoms with Gasteiger partial charge in [0, 0.05) is 32.2 Å². The van der Waals surface area contributed by atoms with Crippen molar-refractivity contribution in [1.29, 1.82) is 0 Å². The van der Waals surface area contributed by atoms with E-state index < -0.39 is 6.16 Å². The van der Waals surface area contributed by atoms with E-state index in [1.807, 2.05) is 0 Å². The van der Waals surface area contributed by atoms with E-state index in [9.17, 15) is 4.79 Å². The van der Waals surface area contributed by atoms with Crippen molar-refractivity contribution in [3.8, 4) is 0 Å². The lowest BCUT2D eigenvalue weighted by Gasteiger charge is -2.53. The van der Waals surface area contributed by atoms with Crippen LogP contribution in [0, 0.1) is 5.41 Å². The lowest BCUT2D eigenvalue weighted by Crippen LogP contribution is -2.60. The van der Waals surface area contributed by atoms with Gasteiger partial charge in [0.2, 0.25) is 0 Å². The molecule has 0 unspecified atom stereocenters. The summed E-state index contributed by atoms with van der Waals surface area (Å²) in [5.74, 6) is 0. The minimum absolute atomic E-state index is 0.473. The Balaban J connectivity index is 1.46. The maximum absolute atomic E-state index is 10.4. The Morgan fingerprint density at radius 2 is 1.88 bits per heavy atom. The smallest absolute Gasteiger partial charge is 0.448 e. The van der Waals surface area contributed by atoms with Crippen LogP contribution in [0.2, 0.25) is 0 Å². The van der Waals surface area contributed by atoms with Crippen LogP contribution in [-0.4, -0.2) is 53.4 Å². The third-order valence-corrected chi connectivity index (χ3v) is 4.13. The maximum atomic E-state index is 10.4. The van der Waals surface area contributed by atoms with Crippen molar-refractivity contribution in [2.45, 2.75) is 31.7 Å². The van der Waals surface area contributed by atoms with Crippen LogP contribution < -0.4 is 0 Å². The summed E-state index contributed by atoms with van der Waals surface area (Å²) in [5, 5.41) is 10.1. The highest BCUT2D eigenvalue weighted by atomic mass is 16.8. The van der Waals surface area contributed by atoms with Gasteiger partial charge in [0.25, 0.3) is 0 Å². The van der Waals surface area contributed by atoms with Gasteiger partial charge in [0.1, 0.15) is 0 Å². The molecule has 3 aliphatic rings. The van der Waals surface area contributed by atoms with Crippen LogP contribution in [0.1, 0.15) is 25.7 Å². The second-order valence-electron chi connectivity index (χ2n) is 5.42. The first-order valence-electron chi connectivity index (χ1n) is 6.07. The molecule has 1 spiro atoms. The number of hydrogen-bond donors (Lipinski definition) is 1. The molecule has 1 saturated carbocycles. The van der Waals surface area contributed by atoms with E-state index in [-0.39, 0.29) is 0 Å². The Morgan fingerprint density at radius 3 is 2.38 bits per heavy atom. The van der Waals surface area contributed by atoms with Gasteiger partial charge in [-0.05, 0) is 31.1 Å². The molecule has 1 aliphatic carbocycles. The topological polar surface area (TPSA) is 53.0 Å². The predicted octanol–water partition coefficient (Wildman–Crippen LogP) is 1.16. The van der Waals surface area contributed by atoms with Crippen LogP contribution in [0.4, 0.5) is 4.79 Å². The van der Waals surface area contributed by atoms with Crippen LogP contribution >= 0.6 is 0 Å². The zero-order chi connectivity index (χ0) is 11.2. The molecule has 3 rings (SSSR count). The zero-order valence-corrected chi connectivity index (χ0v) is 9.39. The molecule has 2 saturated heterocycles. The molecule has 0 aromatic heterocycles. The van der Waals surface area contributed by atoms with E-state index in [2.05, 4.69) is 9.74 Å². The summed E-state index contributed by atoms with van der Waals surface area (Å²) in [6, 6.07) is 0.874. The fourth-order valence-electron chi connectivity index (χ4n) is 2.99. The van der Waals surface area contributed by atoms with Crippen LogP contribution in [0.25, 0.3) is 0 Å². The average Bonchev–Trinajstić information content (AvgIpc) is 2.98. The van der Waals surface area contributed by atoms with Crippen LogP contribution in [0.3, 0.4) is 0 Å². The number of hydroxylamine groups is 2. The summed E-state index contributed by atoms with van der Waals surface area (Å²) in [6.45, 7) is 3.95. The number of hydrogen-bond acceptors (Lipinski definition) is 4. The molecule has 0 atom stereocenters. The molecule has 0 amide bonds. The van der Waals surface area contributed by atoms with Crippen molar-refractivity contribution < 1.29 is 14.7 Å². The number of piperidine rings is 1. The summed E-state index contributed by atoms with van der Waals surface area (Å²) in [6.07, 6.45) is 3.71. The summed E-state index contributed by atoms with van der Waals surface area (Å²) in [5.41, 5.74) is 0.473. The van der Waals surface area contributed by atoms with Gasteiger partial charge in [-0.2, -0.15) is 0 Å². The van der Waals surface area contributed by atoms with E-state index in [1.54, 1.807) is 5.06 Å². The molecule has 16 heavy (non-hydrogen) atoms. The molecule has 0 bridgehead atoms. The third-order valence-electron chi connectivity index (χ3n) is 4.13. The van der Waals surface area contributed by atoms with E-state index in [1.165, 1.54) is 25.9 Å². The van der Waals surface area contributed by atoms with Crippen LogP contribution in [0.5, 0.6) is 0 Å². The van der Waals surface area contributed by atoms with Crippen molar-refractivity contribution >= 4 is 6.16 Å². The van der Waals surface area contributed by atoms with E-state index >= 15 is 0 Å². The van der Waals surface area contributed by atoms with Gasteiger partial charge < -0.3 is 9.94 Å². The minimum Gasteiger partial charge on any atom is -0.448 e.